The van der Waals surface area contributed by atoms with Crippen molar-refractivity contribution in [2.24, 2.45) is 0 Å². The van der Waals surface area contributed by atoms with E-state index in [4.69, 9.17) is 14.2 Å². The minimum absolute atomic E-state index is 0.0610. The Labute approximate surface area is 199 Å². The first kappa shape index (κ1) is 24.1. The summed E-state index contributed by atoms with van der Waals surface area (Å²) in [4.78, 5) is 24.6. The van der Waals surface area contributed by atoms with Gasteiger partial charge in [-0.25, -0.2) is 23.2 Å². The van der Waals surface area contributed by atoms with E-state index in [1.165, 1.54) is 19.7 Å². The molecule has 1 fully saturated rings. The van der Waals surface area contributed by atoms with Crippen LogP contribution in [0.3, 0.4) is 0 Å². The summed E-state index contributed by atoms with van der Waals surface area (Å²) in [6, 6.07) is 5.21. The molecule has 0 spiro atoms. The van der Waals surface area contributed by atoms with E-state index in [1.54, 1.807) is 23.1 Å². The predicted molar refractivity (Wildman–Crippen MR) is 126 cm³/mol. The number of benzene rings is 1. The van der Waals surface area contributed by atoms with Gasteiger partial charge < -0.3 is 24.0 Å². The largest absolute Gasteiger partial charge is 0.495 e. The molecule has 0 N–H and O–H groups in total. The zero-order chi connectivity index (χ0) is 24.5. The first-order chi connectivity index (χ1) is 16.2. The van der Waals surface area contributed by atoms with Crippen LogP contribution in [0.15, 0.2) is 29.4 Å². The van der Waals surface area contributed by atoms with Crippen molar-refractivity contribution in [2.75, 3.05) is 37.9 Å². The Morgan fingerprint density at radius 1 is 1.12 bits per heavy atom. The summed E-state index contributed by atoms with van der Waals surface area (Å²) >= 11 is 0. The number of fused-ring (bicyclic) bond motifs is 1. The number of sulfone groups is 1. The fourth-order valence-electron chi connectivity index (χ4n) is 4.23. The maximum Gasteiger partial charge on any atom is 0.410 e. The summed E-state index contributed by atoms with van der Waals surface area (Å²) in [5.41, 5.74) is 1.77. The van der Waals surface area contributed by atoms with Crippen molar-refractivity contribution < 1.29 is 27.4 Å². The fraction of sp³-hybridized carbons (Fsp3) is 0.522. The summed E-state index contributed by atoms with van der Waals surface area (Å²) in [6.07, 6.45) is 4.20. The second kappa shape index (κ2) is 9.65. The van der Waals surface area contributed by atoms with Crippen molar-refractivity contribution in [2.45, 2.75) is 50.2 Å². The van der Waals surface area contributed by atoms with Crippen LogP contribution < -0.4 is 14.4 Å². The molecule has 10 nitrogen and oxygen atoms in total. The highest BCUT2D eigenvalue weighted by Gasteiger charge is 2.28. The lowest BCUT2D eigenvalue weighted by atomic mass is 10.1. The first-order valence-electron chi connectivity index (χ1n) is 11.3. The number of nitrogens with zero attached hydrogens (tertiary/aromatic N) is 4. The van der Waals surface area contributed by atoms with E-state index in [-0.39, 0.29) is 23.2 Å². The fourth-order valence-corrected chi connectivity index (χ4v) is 5.09. The Bertz CT molecular complexity index is 1160. The number of ether oxygens (including phenoxy) is 3. The van der Waals surface area contributed by atoms with Crippen LogP contribution >= 0.6 is 0 Å². The van der Waals surface area contributed by atoms with Gasteiger partial charge in [-0.2, -0.15) is 0 Å². The number of amides is 1. The third kappa shape index (κ3) is 5.19. The van der Waals surface area contributed by atoms with E-state index in [2.05, 4.69) is 9.97 Å². The van der Waals surface area contributed by atoms with Crippen molar-refractivity contribution in [1.82, 2.24) is 14.9 Å². The number of hydrogen-bond donors (Lipinski definition) is 0. The highest BCUT2D eigenvalue weighted by Crippen LogP contribution is 2.40. The van der Waals surface area contributed by atoms with Gasteiger partial charge in [-0.05, 0) is 31.9 Å². The monoisotopic (exact) mass is 490 g/mol. The van der Waals surface area contributed by atoms with E-state index in [9.17, 15) is 13.2 Å². The highest BCUT2D eigenvalue weighted by molar-refractivity contribution is 7.90. The molecule has 1 amide bonds. The second-order valence-corrected chi connectivity index (χ2v) is 10.7. The van der Waals surface area contributed by atoms with Gasteiger partial charge in [0.15, 0.2) is 9.84 Å². The summed E-state index contributed by atoms with van der Waals surface area (Å²) in [7, 11) is -1.95. The molecule has 1 aromatic heterocycles. The van der Waals surface area contributed by atoms with E-state index in [0.717, 1.165) is 11.3 Å². The van der Waals surface area contributed by atoms with Crippen molar-refractivity contribution in [1.29, 1.82) is 0 Å². The molecular weight excluding hydrogens is 460 g/mol. The van der Waals surface area contributed by atoms with Crippen molar-refractivity contribution in [3.8, 4) is 11.6 Å². The molecule has 0 radical (unpaired) electrons. The molecule has 0 unspecified atom stereocenters. The summed E-state index contributed by atoms with van der Waals surface area (Å²) in [5, 5.41) is 0. The zero-order valence-electron chi connectivity index (χ0n) is 19.9. The number of methoxy groups -OCH3 is 1. The average molecular weight is 491 g/mol. The van der Waals surface area contributed by atoms with Crippen LogP contribution in [0.5, 0.6) is 11.6 Å². The Hall–Kier alpha value is -3.08. The van der Waals surface area contributed by atoms with Crippen LogP contribution in [-0.2, 0) is 21.0 Å². The SMILES string of the molecule is COc1cc2c(cc1S(C)(=O)=O)CCN2c1cc(OC2CCN(C(=O)OC(C)C)CC2)ncn1. The Morgan fingerprint density at radius 3 is 2.50 bits per heavy atom. The van der Waals surface area contributed by atoms with E-state index < -0.39 is 9.84 Å². The van der Waals surface area contributed by atoms with Crippen molar-refractivity contribution in [3.05, 3.63) is 30.1 Å². The first-order valence-corrected chi connectivity index (χ1v) is 13.2. The quantitative estimate of drug-likeness (QED) is 0.603. The highest BCUT2D eigenvalue weighted by atomic mass is 32.2. The number of hydrogen-bond acceptors (Lipinski definition) is 9. The topological polar surface area (TPSA) is 111 Å². The summed E-state index contributed by atoms with van der Waals surface area (Å²) < 4.78 is 41.0. The van der Waals surface area contributed by atoms with Gasteiger partial charge in [0.1, 0.15) is 28.9 Å². The summed E-state index contributed by atoms with van der Waals surface area (Å²) in [6.45, 7) is 5.45. The van der Waals surface area contributed by atoms with E-state index in [0.29, 0.717) is 56.3 Å². The number of aromatic nitrogens is 2. The van der Waals surface area contributed by atoms with Gasteiger partial charge in [-0.1, -0.05) is 0 Å². The number of likely N-dealkylation sites (tertiary alicyclic amines) is 1. The molecule has 184 valence electrons. The molecule has 0 bridgehead atoms. The van der Waals surface area contributed by atoms with Gasteiger partial charge in [0.2, 0.25) is 5.88 Å². The van der Waals surface area contributed by atoms with E-state index >= 15 is 0 Å². The third-order valence-electron chi connectivity index (χ3n) is 5.89. The third-order valence-corrected chi connectivity index (χ3v) is 7.01. The van der Waals surface area contributed by atoms with Gasteiger partial charge in [-0.15, -0.1) is 0 Å². The number of anilines is 2. The molecule has 2 aromatic rings. The number of carbonyl (C=O) groups excluding carboxylic acids is 1. The van der Waals surface area contributed by atoms with Gasteiger partial charge >= 0.3 is 6.09 Å². The van der Waals surface area contributed by atoms with Gasteiger partial charge in [0.05, 0.1) is 13.2 Å². The normalized spacial score (nSPS) is 16.5. The smallest absolute Gasteiger partial charge is 0.410 e. The molecule has 2 aliphatic rings. The molecule has 11 heteroatoms. The Kier molecular flexibility index (Phi) is 6.83. The predicted octanol–water partition coefficient (Wildman–Crippen LogP) is 2.97. The average Bonchev–Trinajstić information content (AvgIpc) is 3.21. The lowest BCUT2D eigenvalue weighted by Gasteiger charge is -2.31. The maximum absolute atomic E-state index is 12.1. The maximum atomic E-state index is 12.1. The minimum Gasteiger partial charge on any atom is -0.495 e. The molecule has 1 aromatic carbocycles. The van der Waals surface area contributed by atoms with E-state index in [1.807, 2.05) is 18.7 Å². The van der Waals surface area contributed by atoms with Crippen molar-refractivity contribution in [3.63, 3.8) is 0 Å². The lowest BCUT2D eigenvalue weighted by Crippen LogP contribution is -2.42. The zero-order valence-corrected chi connectivity index (χ0v) is 20.7. The standard InChI is InChI=1S/C23H30N4O6S/c1-15(2)32-23(28)26-8-6-17(7-9-26)33-22-13-21(24-14-25-22)27-10-5-16-11-20(34(4,29)30)19(31-3)12-18(16)27/h11-15,17H,5-10H2,1-4H3. The second-order valence-electron chi connectivity index (χ2n) is 8.76. The van der Waals surface area contributed by atoms with Gasteiger partial charge in [0, 0.05) is 56.6 Å². The molecular formula is C23H30N4O6S. The summed E-state index contributed by atoms with van der Waals surface area (Å²) in [5.74, 6) is 1.43. The molecule has 1 saturated heterocycles. The minimum atomic E-state index is -3.41. The molecule has 3 heterocycles. The van der Waals surface area contributed by atoms with Crippen LogP contribution in [0.25, 0.3) is 0 Å². The van der Waals surface area contributed by atoms with Crippen LogP contribution in [0, 0.1) is 0 Å². The van der Waals surface area contributed by atoms with Crippen molar-refractivity contribution >= 4 is 27.4 Å². The lowest BCUT2D eigenvalue weighted by molar-refractivity contribution is 0.0507. The number of rotatable bonds is 6. The van der Waals surface area contributed by atoms with Crippen LogP contribution in [0.1, 0.15) is 32.3 Å². The van der Waals surface area contributed by atoms with Crippen LogP contribution in [-0.4, -0.2) is 74.6 Å². The van der Waals surface area contributed by atoms with Crippen LogP contribution in [0.2, 0.25) is 0 Å². The van der Waals surface area contributed by atoms with Gasteiger partial charge in [-0.3, -0.25) is 0 Å². The van der Waals surface area contributed by atoms with Crippen LogP contribution in [0.4, 0.5) is 16.3 Å². The molecule has 34 heavy (non-hydrogen) atoms. The molecule has 2 aliphatic heterocycles. The Morgan fingerprint density at radius 2 is 1.85 bits per heavy atom. The molecule has 0 atom stereocenters. The number of carbonyl (C=O) groups is 1. The Balaban J connectivity index is 1.46. The molecule has 0 aliphatic carbocycles. The number of piperidine rings is 1. The molecule has 0 saturated carbocycles. The van der Waals surface area contributed by atoms with Gasteiger partial charge in [0.25, 0.3) is 0 Å². The molecule has 4 rings (SSSR count).